The molecule has 1 saturated carbocycles. The molecule has 0 amide bonds. The Hall–Kier alpha value is -0.410. The summed E-state index contributed by atoms with van der Waals surface area (Å²) in [6, 6.07) is 2.13. The Morgan fingerprint density at radius 2 is 2.14 bits per heavy atom. The molecule has 8 heteroatoms. The Labute approximate surface area is 134 Å². The molecule has 1 aromatic heterocycles. The summed E-state index contributed by atoms with van der Waals surface area (Å²) in [6.07, 6.45) is 3.12. The van der Waals surface area contributed by atoms with Crippen LogP contribution in [0.15, 0.2) is 20.0 Å². The molecule has 0 aromatic carbocycles. The first-order chi connectivity index (χ1) is 9.88. The van der Waals surface area contributed by atoms with E-state index < -0.39 is 10.0 Å². The SMILES string of the molecule is CN(C)CCCNS(=O)(=O)c1cc(CNC2CC2)oc1Br. The summed E-state index contributed by atoms with van der Waals surface area (Å²) in [5, 5.41) is 3.29. The van der Waals surface area contributed by atoms with Gasteiger partial charge in [0.1, 0.15) is 10.7 Å². The number of hydrogen-bond donors (Lipinski definition) is 2. The van der Waals surface area contributed by atoms with Crippen LogP contribution in [0.25, 0.3) is 0 Å². The molecule has 1 aliphatic carbocycles. The predicted octanol–water partition coefficient (Wildman–Crippen LogP) is 1.52. The minimum absolute atomic E-state index is 0.167. The van der Waals surface area contributed by atoms with Crippen molar-refractivity contribution in [2.45, 2.75) is 36.7 Å². The maximum absolute atomic E-state index is 12.2. The van der Waals surface area contributed by atoms with Gasteiger partial charge in [-0.15, -0.1) is 0 Å². The largest absolute Gasteiger partial charge is 0.452 e. The highest BCUT2D eigenvalue weighted by Gasteiger charge is 2.24. The van der Waals surface area contributed by atoms with Crippen LogP contribution in [0, 0.1) is 0 Å². The monoisotopic (exact) mass is 379 g/mol. The Morgan fingerprint density at radius 3 is 2.76 bits per heavy atom. The van der Waals surface area contributed by atoms with Crippen molar-refractivity contribution in [1.82, 2.24) is 14.9 Å². The van der Waals surface area contributed by atoms with Crippen LogP contribution < -0.4 is 10.0 Å². The van der Waals surface area contributed by atoms with Crippen LogP contribution in [0.5, 0.6) is 0 Å². The number of halogens is 1. The Kier molecular flexibility index (Phi) is 5.84. The number of nitrogens with zero attached hydrogens (tertiary/aromatic N) is 1. The number of hydrogen-bond acceptors (Lipinski definition) is 5. The van der Waals surface area contributed by atoms with Crippen LogP contribution in [0.1, 0.15) is 25.0 Å². The zero-order valence-electron chi connectivity index (χ0n) is 12.4. The lowest BCUT2D eigenvalue weighted by atomic mass is 10.4. The molecule has 2 rings (SSSR count). The third kappa shape index (κ3) is 5.37. The number of sulfonamides is 1. The van der Waals surface area contributed by atoms with E-state index in [1.807, 2.05) is 19.0 Å². The zero-order chi connectivity index (χ0) is 15.5. The number of nitrogens with one attached hydrogen (secondary N) is 2. The summed E-state index contributed by atoms with van der Waals surface area (Å²) in [7, 11) is 0.389. The molecule has 1 aromatic rings. The van der Waals surface area contributed by atoms with Crippen LogP contribution in [0.3, 0.4) is 0 Å². The predicted molar refractivity (Wildman–Crippen MR) is 84.6 cm³/mol. The van der Waals surface area contributed by atoms with E-state index in [1.54, 1.807) is 6.07 Å². The van der Waals surface area contributed by atoms with E-state index in [2.05, 4.69) is 26.0 Å². The van der Waals surface area contributed by atoms with Crippen molar-refractivity contribution in [3.63, 3.8) is 0 Å². The summed E-state index contributed by atoms with van der Waals surface area (Å²) in [5.41, 5.74) is 0. The maximum atomic E-state index is 12.2. The second-order valence-electron chi connectivity index (χ2n) is 5.56. The third-order valence-corrected chi connectivity index (χ3v) is 5.53. The fourth-order valence-electron chi connectivity index (χ4n) is 1.88. The van der Waals surface area contributed by atoms with Gasteiger partial charge in [0.2, 0.25) is 10.0 Å². The first kappa shape index (κ1) is 17.0. The Bertz CT molecular complexity index is 567. The topological polar surface area (TPSA) is 74.6 Å². The average Bonchev–Trinajstić information content (AvgIpc) is 3.14. The number of furan rings is 1. The molecule has 0 unspecified atom stereocenters. The van der Waals surface area contributed by atoms with Gasteiger partial charge in [-0.25, -0.2) is 13.1 Å². The summed E-state index contributed by atoms with van der Waals surface area (Å²) >= 11 is 3.19. The molecular weight excluding hydrogens is 358 g/mol. The lowest BCUT2D eigenvalue weighted by molar-refractivity contribution is 0.400. The summed E-state index contributed by atoms with van der Waals surface area (Å²) < 4.78 is 32.8. The van der Waals surface area contributed by atoms with Gasteiger partial charge in [-0.3, -0.25) is 0 Å². The van der Waals surface area contributed by atoms with Gasteiger partial charge in [0.15, 0.2) is 4.67 Å². The van der Waals surface area contributed by atoms with Crippen LogP contribution in [0.4, 0.5) is 0 Å². The van der Waals surface area contributed by atoms with Crippen molar-refractivity contribution in [1.29, 1.82) is 0 Å². The van der Waals surface area contributed by atoms with E-state index in [-0.39, 0.29) is 9.56 Å². The Morgan fingerprint density at radius 1 is 1.43 bits per heavy atom. The molecular formula is C13H22BrN3O3S. The smallest absolute Gasteiger partial charge is 0.244 e. The van der Waals surface area contributed by atoms with Gasteiger partial charge in [-0.1, -0.05) is 0 Å². The molecule has 0 aliphatic heterocycles. The van der Waals surface area contributed by atoms with Gasteiger partial charge in [0.05, 0.1) is 6.54 Å². The van der Waals surface area contributed by atoms with E-state index >= 15 is 0 Å². The standard InChI is InChI=1S/C13H22BrN3O3S/c1-17(2)7-3-6-16-21(18,19)12-8-11(20-13(12)14)9-15-10-4-5-10/h8,10,15-16H,3-7,9H2,1-2H3. The molecule has 120 valence electrons. The molecule has 0 radical (unpaired) electrons. The first-order valence-electron chi connectivity index (χ1n) is 7.04. The van der Waals surface area contributed by atoms with Crippen molar-refractivity contribution < 1.29 is 12.8 Å². The van der Waals surface area contributed by atoms with Crippen LogP contribution in [-0.2, 0) is 16.6 Å². The van der Waals surface area contributed by atoms with Crippen LogP contribution in [0.2, 0.25) is 0 Å². The minimum atomic E-state index is -3.53. The quantitative estimate of drug-likeness (QED) is 0.636. The summed E-state index contributed by atoms with van der Waals surface area (Å²) in [6.45, 7) is 1.80. The van der Waals surface area contributed by atoms with E-state index in [9.17, 15) is 8.42 Å². The highest BCUT2D eigenvalue weighted by molar-refractivity contribution is 9.10. The highest BCUT2D eigenvalue weighted by Crippen LogP contribution is 2.27. The maximum Gasteiger partial charge on any atom is 0.244 e. The molecule has 21 heavy (non-hydrogen) atoms. The molecule has 2 N–H and O–H groups in total. The first-order valence-corrected chi connectivity index (χ1v) is 9.32. The molecule has 1 fully saturated rings. The lowest BCUT2D eigenvalue weighted by Gasteiger charge is -2.09. The molecule has 0 bridgehead atoms. The van der Waals surface area contributed by atoms with Crippen molar-refractivity contribution in [2.75, 3.05) is 27.2 Å². The van der Waals surface area contributed by atoms with Gasteiger partial charge in [0.25, 0.3) is 0 Å². The van der Waals surface area contributed by atoms with Gasteiger partial charge in [-0.2, -0.15) is 0 Å². The van der Waals surface area contributed by atoms with E-state index in [4.69, 9.17) is 4.42 Å². The summed E-state index contributed by atoms with van der Waals surface area (Å²) in [5.74, 6) is 0.627. The van der Waals surface area contributed by atoms with Gasteiger partial charge in [0, 0.05) is 18.7 Å². The van der Waals surface area contributed by atoms with Crippen LogP contribution in [-0.4, -0.2) is 46.5 Å². The van der Waals surface area contributed by atoms with Gasteiger partial charge >= 0.3 is 0 Å². The van der Waals surface area contributed by atoms with Crippen LogP contribution >= 0.6 is 15.9 Å². The third-order valence-electron chi connectivity index (χ3n) is 3.21. The molecule has 1 aliphatic rings. The number of rotatable bonds is 9. The van der Waals surface area contributed by atoms with Crippen molar-refractivity contribution in [2.24, 2.45) is 0 Å². The lowest BCUT2D eigenvalue weighted by Crippen LogP contribution is -2.27. The highest BCUT2D eigenvalue weighted by atomic mass is 79.9. The second-order valence-corrected chi connectivity index (χ2v) is 8.02. The van der Waals surface area contributed by atoms with Crippen molar-refractivity contribution in [3.8, 4) is 0 Å². The summed E-state index contributed by atoms with van der Waals surface area (Å²) in [4.78, 5) is 2.18. The van der Waals surface area contributed by atoms with E-state index in [0.29, 0.717) is 24.9 Å². The Balaban J connectivity index is 1.91. The molecule has 0 spiro atoms. The van der Waals surface area contributed by atoms with E-state index in [0.717, 1.165) is 13.0 Å². The van der Waals surface area contributed by atoms with Crippen molar-refractivity contribution >= 4 is 26.0 Å². The fourth-order valence-corrected chi connectivity index (χ4v) is 3.95. The zero-order valence-corrected chi connectivity index (χ0v) is 14.8. The fraction of sp³-hybridized carbons (Fsp3) is 0.692. The van der Waals surface area contributed by atoms with Gasteiger partial charge in [-0.05, 0) is 55.8 Å². The van der Waals surface area contributed by atoms with Gasteiger partial charge < -0.3 is 14.6 Å². The molecule has 6 nitrogen and oxygen atoms in total. The molecule has 1 heterocycles. The second kappa shape index (κ2) is 7.23. The van der Waals surface area contributed by atoms with E-state index in [1.165, 1.54) is 12.8 Å². The average molecular weight is 380 g/mol. The molecule has 0 saturated heterocycles. The minimum Gasteiger partial charge on any atom is -0.452 e. The normalized spacial score (nSPS) is 15.8. The molecule has 0 atom stereocenters. The van der Waals surface area contributed by atoms with Crippen molar-refractivity contribution in [3.05, 3.63) is 16.5 Å².